The predicted molar refractivity (Wildman–Crippen MR) is 108 cm³/mol. The van der Waals surface area contributed by atoms with Crippen LogP contribution in [-0.4, -0.2) is 46.2 Å². The number of anilines is 1. The van der Waals surface area contributed by atoms with Crippen LogP contribution in [-0.2, 0) is 4.79 Å². The first kappa shape index (κ1) is 23.6. The number of carbonyl (C=O) groups excluding carboxylic acids is 1. The van der Waals surface area contributed by atoms with E-state index in [-0.39, 0.29) is 24.8 Å². The largest absolute Gasteiger partial charge is 0.366 e. The molecule has 1 saturated heterocycles. The zero-order valence-corrected chi connectivity index (χ0v) is 16.7. The Hall–Kier alpha value is -1.41. The minimum Gasteiger partial charge on any atom is -0.366 e. The molecule has 0 aromatic carbocycles. The number of hydrogen-bond acceptors (Lipinski definition) is 5. The minimum absolute atomic E-state index is 0. The van der Waals surface area contributed by atoms with Crippen LogP contribution in [0.3, 0.4) is 0 Å². The van der Waals surface area contributed by atoms with E-state index in [1.807, 2.05) is 0 Å². The lowest BCUT2D eigenvalue weighted by molar-refractivity contribution is -0.126. The molecule has 1 aromatic rings. The van der Waals surface area contributed by atoms with E-state index in [9.17, 15) is 9.18 Å². The Balaban J connectivity index is 0.00000182. The van der Waals surface area contributed by atoms with Crippen molar-refractivity contribution in [2.45, 2.75) is 50.6 Å². The second-order valence-corrected chi connectivity index (χ2v) is 6.83. The van der Waals surface area contributed by atoms with Gasteiger partial charge in [-0.3, -0.25) is 14.9 Å². The Bertz CT molecular complexity index is 624. The molecule has 2 aliphatic rings. The fourth-order valence-corrected chi connectivity index (χ4v) is 3.73. The van der Waals surface area contributed by atoms with Gasteiger partial charge >= 0.3 is 5.91 Å². The molecule has 0 unspecified atom stereocenters. The summed E-state index contributed by atoms with van der Waals surface area (Å²) >= 11 is 0. The summed E-state index contributed by atoms with van der Waals surface area (Å²) in [6, 6.07) is 4.58. The minimum atomic E-state index is -1.17. The van der Waals surface area contributed by atoms with Crippen LogP contribution in [0, 0.1) is 0 Å². The molecule has 9 heteroatoms. The number of nitrogens with zero attached hydrogens (tertiary/aromatic N) is 2. The molecule has 1 aliphatic heterocycles. The summed E-state index contributed by atoms with van der Waals surface area (Å²) in [6.07, 6.45) is 10.3. The van der Waals surface area contributed by atoms with E-state index in [2.05, 4.69) is 15.2 Å². The molecule has 2 fully saturated rings. The molecule has 1 aromatic heterocycles. The highest BCUT2D eigenvalue weighted by atomic mass is 35.5. The topological polar surface area (TPSA) is 77.5 Å². The second-order valence-electron chi connectivity index (χ2n) is 6.83. The van der Waals surface area contributed by atoms with Gasteiger partial charge in [0.25, 0.3) is 0 Å². The third-order valence-electron chi connectivity index (χ3n) is 5.06. The number of likely N-dealkylation sites (tertiary alicyclic amines) is 1. The Morgan fingerprint density at radius 1 is 1.22 bits per heavy atom. The van der Waals surface area contributed by atoms with Crippen LogP contribution < -0.4 is 10.8 Å². The van der Waals surface area contributed by atoms with Crippen molar-refractivity contribution in [3.8, 4) is 0 Å². The maximum Gasteiger partial charge on any atom is 0.303 e. The molecule has 1 amide bonds. The average molecular weight is 421 g/mol. The molecule has 0 radical (unpaired) electrons. The molecule has 152 valence electrons. The summed E-state index contributed by atoms with van der Waals surface area (Å²) in [5, 5.41) is 11.8. The van der Waals surface area contributed by atoms with Crippen LogP contribution in [0.1, 0.15) is 44.1 Å². The average Bonchev–Trinajstić information content (AvgIpc) is 3.12. The number of hydrogen-bond donors (Lipinski definition) is 3. The SMILES string of the molecule is Cl.Cl.O=C(NO)/C(F)=C\c1ccc(N[C@@H]2CCN(C3CCCCC3)C2)nc1. The van der Waals surface area contributed by atoms with Gasteiger partial charge in [0.15, 0.2) is 5.83 Å². The van der Waals surface area contributed by atoms with Crippen molar-refractivity contribution in [1.82, 2.24) is 15.4 Å². The summed E-state index contributed by atoms with van der Waals surface area (Å²) in [6.45, 7) is 2.17. The van der Waals surface area contributed by atoms with Crippen molar-refractivity contribution >= 4 is 42.6 Å². The Kier molecular flexibility index (Phi) is 10.0. The van der Waals surface area contributed by atoms with Gasteiger partial charge in [-0.25, -0.2) is 14.9 Å². The van der Waals surface area contributed by atoms with Gasteiger partial charge in [-0.1, -0.05) is 19.3 Å². The van der Waals surface area contributed by atoms with Gasteiger partial charge in [0.2, 0.25) is 0 Å². The van der Waals surface area contributed by atoms with Crippen LogP contribution in [0.15, 0.2) is 24.2 Å². The molecule has 0 spiro atoms. The van der Waals surface area contributed by atoms with E-state index in [1.54, 1.807) is 12.1 Å². The van der Waals surface area contributed by atoms with Crippen LogP contribution in [0.5, 0.6) is 0 Å². The number of rotatable bonds is 5. The quantitative estimate of drug-likeness (QED) is 0.385. The fourth-order valence-electron chi connectivity index (χ4n) is 3.73. The van der Waals surface area contributed by atoms with Gasteiger partial charge < -0.3 is 5.32 Å². The summed E-state index contributed by atoms with van der Waals surface area (Å²) < 4.78 is 13.4. The fraction of sp³-hybridized carbons (Fsp3) is 0.556. The molecule has 0 bridgehead atoms. The van der Waals surface area contributed by atoms with Crippen molar-refractivity contribution in [2.24, 2.45) is 0 Å². The monoisotopic (exact) mass is 420 g/mol. The molecule has 1 aliphatic carbocycles. The molecule has 2 heterocycles. The highest BCUT2D eigenvalue weighted by Gasteiger charge is 2.29. The summed E-state index contributed by atoms with van der Waals surface area (Å²) in [5.41, 5.74) is 1.72. The molecule has 3 rings (SSSR count). The number of nitrogens with one attached hydrogen (secondary N) is 2. The van der Waals surface area contributed by atoms with Crippen molar-refractivity contribution in [2.75, 3.05) is 18.4 Å². The maximum atomic E-state index is 13.4. The standard InChI is InChI=1S/C18H25FN4O2.2ClH/c19-16(18(24)22-25)10-13-6-7-17(20-11-13)21-14-8-9-23(12-14)15-4-2-1-3-5-15;;/h6-7,10-11,14-15,25H,1-5,8-9,12H2,(H,20,21)(H,22,24);2*1H/b16-10+;;/t14-;;/m1../s1. The van der Waals surface area contributed by atoms with Crippen molar-refractivity contribution in [1.29, 1.82) is 0 Å². The van der Waals surface area contributed by atoms with Gasteiger partial charge in [0, 0.05) is 31.4 Å². The van der Waals surface area contributed by atoms with Crippen molar-refractivity contribution < 1.29 is 14.4 Å². The van der Waals surface area contributed by atoms with Gasteiger partial charge in [0.05, 0.1) is 0 Å². The lowest BCUT2D eigenvalue weighted by Crippen LogP contribution is -2.36. The molecular formula is C18H27Cl2FN4O2. The first-order chi connectivity index (χ1) is 12.2. The van der Waals surface area contributed by atoms with Crippen molar-refractivity contribution in [3.05, 3.63) is 29.7 Å². The second kappa shape index (κ2) is 11.4. The first-order valence-electron chi connectivity index (χ1n) is 8.94. The molecule has 6 nitrogen and oxygen atoms in total. The van der Waals surface area contributed by atoms with Gasteiger partial charge in [0.1, 0.15) is 5.82 Å². The lowest BCUT2D eigenvalue weighted by Gasteiger charge is -2.31. The van der Waals surface area contributed by atoms with E-state index in [1.165, 1.54) is 43.8 Å². The van der Waals surface area contributed by atoms with Crippen LogP contribution in [0.4, 0.5) is 10.2 Å². The molecule has 1 atom stereocenters. The Labute approximate surface area is 171 Å². The zero-order valence-electron chi connectivity index (χ0n) is 15.1. The molecule has 3 N–H and O–H groups in total. The highest BCUT2D eigenvalue weighted by Crippen LogP contribution is 2.26. The number of amides is 1. The van der Waals surface area contributed by atoms with E-state index >= 15 is 0 Å². The maximum absolute atomic E-state index is 13.4. The number of hydroxylamine groups is 1. The third-order valence-corrected chi connectivity index (χ3v) is 5.06. The van der Waals surface area contributed by atoms with E-state index in [0.29, 0.717) is 11.6 Å². The van der Waals surface area contributed by atoms with E-state index < -0.39 is 11.7 Å². The zero-order chi connectivity index (χ0) is 17.6. The molecule has 27 heavy (non-hydrogen) atoms. The summed E-state index contributed by atoms with van der Waals surface area (Å²) in [5.74, 6) is -1.49. The molecule has 1 saturated carbocycles. The number of halogens is 3. The van der Waals surface area contributed by atoms with E-state index in [4.69, 9.17) is 5.21 Å². The Morgan fingerprint density at radius 2 is 1.96 bits per heavy atom. The molecular weight excluding hydrogens is 394 g/mol. The lowest BCUT2D eigenvalue weighted by atomic mass is 9.94. The number of pyridine rings is 1. The van der Waals surface area contributed by atoms with Gasteiger partial charge in [-0.15, -0.1) is 24.8 Å². The summed E-state index contributed by atoms with van der Waals surface area (Å²) in [7, 11) is 0. The predicted octanol–water partition coefficient (Wildman–Crippen LogP) is 3.56. The van der Waals surface area contributed by atoms with Crippen LogP contribution in [0.2, 0.25) is 0 Å². The van der Waals surface area contributed by atoms with Gasteiger partial charge in [-0.2, -0.15) is 0 Å². The van der Waals surface area contributed by atoms with Crippen LogP contribution in [0.25, 0.3) is 6.08 Å². The van der Waals surface area contributed by atoms with Crippen LogP contribution >= 0.6 is 24.8 Å². The third kappa shape index (κ3) is 6.60. The van der Waals surface area contributed by atoms with E-state index in [0.717, 1.165) is 37.4 Å². The smallest absolute Gasteiger partial charge is 0.303 e. The Morgan fingerprint density at radius 3 is 2.59 bits per heavy atom. The number of carbonyl (C=O) groups is 1. The summed E-state index contributed by atoms with van der Waals surface area (Å²) in [4.78, 5) is 17.8. The first-order valence-corrected chi connectivity index (χ1v) is 8.94. The normalized spacial score (nSPS) is 21.1. The number of aromatic nitrogens is 1. The van der Waals surface area contributed by atoms with Crippen molar-refractivity contribution in [3.63, 3.8) is 0 Å². The van der Waals surface area contributed by atoms with Gasteiger partial charge in [-0.05, 0) is 43.0 Å². The highest BCUT2D eigenvalue weighted by molar-refractivity contribution is 5.94.